The van der Waals surface area contributed by atoms with E-state index in [-0.39, 0.29) is 0 Å². The minimum Gasteiger partial charge on any atom is -0.326 e. The largest absolute Gasteiger partial charge is 0.326 e. The highest BCUT2D eigenvalue weighted by atomic mass is 15.0. The molecule has 0 aliphatic heterocycles. The molecule has 2 aromatic rings. The molecule has 15 heavy (non-hydrogen) atoms. The standard InChI is InChI=1S/C12H17N3/c1-8(2)12-14-9(3)11-10(7-13)5-4-6-15(11)12/h4-6,8H,7,13H2,1-3H3. The van der Waals surface area contributed by atoms with Crippen molar-refractivity contribution in [3.05, 3.63) is 35.4 Å². The van der Waals surface area contributed by atoms with Gasteiger partial charge in [-0.15, -0.1) is 0 Å². The Morgan fingerprint density at radius 3 is 2.80 bits per heavy atom. The molecule has 80 valence electrons. The third-order valence-electron chi connectivity index (χ3n) is 2.69. The van der Waals surface area contributed by atoms with Gasteiger partial charge in [0.15, 0.2) is 0 Å². The Morgan fingerprint density at radius 1 is 1.47 bits per heavy atom. The average molecular weight is 203 g/mol. The lowest BCUT2D eigenvalue weighted by Gasteiger charge is -2.06. The second-order valence-electron chi connectivity index (χ2n) is 4.17. The summed E-state index contributed by atoms with van der Waals surface area (Å²) in [5, 5.41) is 0. The minimum absolute atomic E-state index is 0.430. The number of nitrogens with two attached hydrogens (primary N) is 1. The number of nitrogens with zero attached hydrogens (tertiary/aromatic N) is 2. The van der Waals surface area contributed by atoms with Gasteiger partial charge in [0, 0.05) is 18.7 Å². The van der Waals surface area contributed by atoms with Crippen molar-refractivity contribution in [1.82, 2.24) is 9.38 Å². The van der Waals surface area contributed by atoms with Crippen LogP contribution < -0.4 is 5.73 Å². The maximum absolute atomic E-state index is 5.73. The summed E-state index contributed by atoms with van der Waals surface area (Å²) < 4.78 is 2.15. The number of fused-ring (bicyclic) bond motifs is 1. The summed E-state index contributed by atoms with van der Waals surface area (Å²) >= 11 is 0. The number of hydrogen-bond donors (Lipinski definition) is 1. The van der Waals surface area contributed by atoms with Crippen LogP contribution in [0, 0.1) is 6.92 Å². The molecule has 0 atom stereocenters. The molecular weight excluding hydrogens is 186 g/mol. The van der Waals surface area contributed by atoms with Crippen molar-refractivity contribution in [2.24, 2.45) is 5.73 Å². The summed E-state index contributed by atoms with van der Waals surface area (Å²) in [6, 6.07) is 4.09. The Kier molecular flexibility index (Phi) is 2.49. The van der Waals surface area contributed by atoms with E-state index in [9.17, 15) is 0 Å². The fourth-order valence-corrected chi connectivity index (χ4v) is 2.00. The molecule has 3 nitrogen and oxygen atoms in total. The van der Waals surface area contributed by atoms with E-state index >= 15 is 0 Å². The van der Waals surface area contributed by atoms with Crippen LogP contribution in [-0.4, -0.2) is 9.38 Å². The molecule has 0 saturated carbocycles. The van der Waals surface area contributed by atoms with Crippen molar-refractivity contribution in [2.45, 2.75) is 33.2 Å². The summed E-state index contributed by atoms with van der Waals surface area (Å²) in [6.07, 6.45) is 2.06. The predicted molar refractivity (Wildman–Crippen MR) is 61.9 cm³/mol. The zero-order valence-electron chi connectivity index (χ0n) is 9.49. The first kappa shape index (κ1) is 10.2. The van der Waals surface area contributed by atoms with E-state index in [0.29, 0.717) is 12.5 Å². The molecule has 0 aliphatic carbocycles. The molecule has 0 amide bonds. The van der Waals surface area contributed by atoms with Crippen molar-refractivity contribution in [3.63, 3.8) is 0 Å². The van der Waals surface area contributed by atoms with E-state index in [1.807, 2.05) is 13.0 Å². The van der Waals surface area contributed by atoms with Crippen LogP contribution in [-0.2, 0) is 6.54 Å². The zero-order valence-corrected chi connectivity index (χ0v) is 9.49. The van der Waals surface area contributed by atoms with E-state index in [1.165, 1.54) is 5.52 Å². The number of pyridine rings is 1. The van der Waals surface area contributed by atoms with Crippen molar-refractivity contribution in [1.29, 1.82) is 0 Å². The molecule has 2 aromatic heterocycles. The Bertz CT molecular complexity index is 483. The second-order valence-corrected chi connectivity index (χ2v) is 4.17. The second kappa shape index (κ2) is 3.66. The van der Waals surface area contributed by atoms with Crippen molar-refractivity contribution >= 4 is 5.52 Å². The molecule has 0 fully saturated rings. The van der Waals surface area contributed by atoms with Gasteiger partial charge in [0.2, 0.25) is 0 Å². The van der Waals surface area contributed by atoms with Gasteiger partial charge >= 0.3 is 0 Å². The highest BCUT2D eigenvalue weighted by molar-refractivity contribution is 5.59. The summed E-state index contributed by atoms with van der Waals surface area (Å²) in [6.45, 7) is 6.92. The molecule has 2 N–H and O–H groups in total. The number of hydrogen-bond acceptors (Lipinski definition) is 2. The van der Waals surface area contributed by atoms with Crippen LogP contribution in [0.1, 0.15) is 36.8 Å². The molecular formula is C12H17N3. The third-order valence-corrected chi connectivity index (χ3v) is 2.69. The summed E-state index contributed by atoms with van der Waals surface area (Å²) in [5.74, 6) is 1.54. The Balaban J connectivity index is 2.79. The molecule has 0 aliphatic rings. The molecule has 0 bridgehead atoms. The first-order valence-electron chi connectivity index (χ1n) is 5.31. The van der Waals surface area contributed by atoms with Crippen LogP contribution in [0.4, 0.5) is 0 Å². The molecule has 0 unspecified atom stereocenters. The van der Waals surface area contributed by atoms with E-state index < -0.39 is 0 Å². The predicted octanol–water partition coefficient (Wildman–Crippen LogP) is 2.22. The van der Waals surface area contributed by atoms with Crippen LogP contribution in [0.25, 0.3) is 5.52 Å². The van der Waals surface area contributed by atoms with Gasteiger partial charge in [0.05, 0.1) is 11.2 Å². The van der Waals surface area contributed by atoms with Crippen LogP contribution in [0.3, 0.4) is 0 Å². The summed E-state index contributed by atoms with van der Waals surface area (Å²) in [7, 11) is 0. The number of rotatable bonds is 2. The van der Waals surface area contributed by atoms with Crippen LogP contribution in [0.15, 0.2) is 18.3 Å². The topological polar surface area (TPSA) is 43.3 Å². The molecule has 0 saturated heterocycles. The van der Waals surface area contributed by atoms with E-state index in [4.69, 9.17) is 5.73 Å². The van der Waals surface area contributed by atoms with Gasteiger partial charge in [-0.3, -0.25) is 0 Å². The summed E-state index contributed by atoms with van der Waals surface area (Å²) in [5.41, 5.74) is 9.13. The van der Waals surface area contributed by atoms with Crippen LogP contribution in [0.5, 0.6) is 0 Å². The van der Waals surface area contributed by atoms with Gasteiger partial charge < -0.3 is 10.1 Å². The van der Waals surface area contributed by atoms with Gasteiger partial charge in [-0.05, 0) is 18.6 Å². The van der Waals surface area contributed by atoms with Gasteiger partial charge in [-0.2, -0.15) is 0 Å². The molecule has 0 radical (unpaired) electrons. The van der Waals surface area contributed by atoms with Gasteiger partial charge in [0.25, 0.3) is 0 Å². The zero-order chi connectivity index (χ0) is 11.0. The first-order valence-corrected chi connectivity index (χ1v) is 5.31. The lowest BCUT2D eigenvalue weighted by Crippen LogP contribution is -2.01. The number of aryl methyl sites for hydroxylation is 1. The average Bonchev–Trinajstić information content (AvgIpc) is 2.56. The highest BCUT2D eigenvalue weighted by Crippen LogP contribution is 2.21. The number of imidazole rings is 1. The van der Waals surface area contributed by atoms with Crippen molar-refractivity contribution < 1.29 is 0 Å². The van der Waals surface area contributed by atoms with E-state index in [0.717, 1.165) is 17.1 Å². The van der Waals surface area contributed by atoms with Gasteiger partial charge in [-0.1, -0.05) is 19.9 Å². The van der Waals surface area contributed by atoms with Crippen LogP contribution >= 0.6 is 0 Å². The lowest BCUT2D eigenvalue weighted by molar-refractivity contribution is 0.767. The smallest absolute Gasteiger partial charge is 0.116 e. The maximum atomic E-state index is 5.73. The van der Waals surface area contributed by atoms with Crippen molar-refractivity contribution in [3.8, 4) is 0 Å². The molecule has 3 heteroatoms. The molecule has 0 spiro atoms. The summed E-state index contributed by atoms with van der Waals surface area (Å²) in [4.78, 5) is 4.61. The van der Waals surface area contributed by atoms with Crippen LogP contribution in [0.2, 0.25) is 0 Å². The lowest BCUT2D eigenvalue weighted by atomic mass is 10.2. The normalized spacial score (nSPS) is 11.5. The number of aromatic nitrogens is 2. The Morgan fingerprint density at radius 2 is 2.20 bits per heavy atom. The van der Waals surface area contributed by atoms with E-state index in [2.05, 4.69) is 35.5 Å². The maximum Gasteiger partial charge on any atom is 0.116 e. The Hall–Kier alpha value is -1.35. The monoisotopic (exact) mass is 203 g/mol. The minimum atomic E-state index is 0.430. The SMILES string of the molecule is Cc1nc(C(C)C)n2cccc(CN)c12. The third kappa shape index (κ3) is 1.53. The first-order chi connectivity index (χ1) is 7.15. The van der Waals surface area contributed by atoms with Gasteiger partial charge in [0.1, 0.15) is 5.82 Å². The quantitative estimate of drug-likeness (QED) is 0.813. The molecule has 0 aromatic carbocycles. The van der Waals surface area contributed by atoms with E-state index in [1.54, 1.807) is 0 Å². The Labute approximate surface area is 89.9 Å². The van der Waals surface area contributed by atoms with Gasteiger partial charge in [-0.25, -0.2) is 4.98 Å². The molecule has 2 heterocycles. The van der Waals surface area contributed by atoms with Crippen molar-refractivity contribution in [2.75, 3.05) is 0 Å². The fourth-order valence-electron chi connectivity index (χ4n) is 2.00. The molecule has 2 rings (SSSR count). The fraction of sp³-hybridized carbons (Fsp3) is 0.417. The highest BCUT2D eigenvalue weighted by Gasteiger charge is 2.12.